The summed E-state index contributed by atoms with van der Waals surface area (Å²) in [6, 6.07) is 11.3. The average Bonchev–Trinajstić information content (AvgIpc) is 2.68. The van der Waals surface area contributed by atoms with Gasteiger partial charge in [-0.2, -0.15) is 0 Å². The molecule has 0 heterocycles. The van der Waals surface area contributed by atoms with Crippen molar-refractivity contribution in [2.24, 2.45) is 11.8 Å². The number of carbonyl (C=O) groups is 2. The number of urea groups is 1. The van der Waals surface area contributed by atoms with Gasteiger partial charge in [-0.05, 0) is 67.5 Å². The molecule has 178 valence electrons. The van der Waals surface area contributed by atoms with Crippen LogP contribution < -0.4 is 15.5 Å². The van der Waals surface area contributed by atoms with Crippen molar-refractivity contribution in [3.05, 3.63) is 59.2 Å². The van der Waals surface area contributed by atoms with Gasteiger partial charge >= 0.3 is 12.0 Å². The number of carboxylic acid groups (broad SMARTS) is 1. The number of amides is 2. The van der Waals surface area contributed by atoms with Gasteiger partial charge < -0.3 is 20.6 Å². The van der Waals surface area contributed by atoms with Gasteiger partial charge in [-0.15, -0.1) is 0 Å². The van der Waals surface area contributed by atoms with Crippen molar-refractivity contribution in [3.63, 3.8) is 0 Å². The standard InChI is InChI=1S/C27H37N3O3/c1-17(2)15-30(16-18(3)4)25-11-9-22(20(6)13-26(31)32)14-24(25)29-27(33)28-23-10-8-19(5)12-21(23)7/h8-14,17-18H,15-16H2,1-7H3,(H,31,32)(H2,28,29,33)/b20-13+. The fourth-order valence-corrected chi connectivity index (χ4v) is 3.81. The van der Waals surface area contributed by atoms with Crippen molar-refractivity contribution in [3.8, 4) is 0 Å². The van der Waals surface area contributed by atoms with Gasteiger partial charge in [-0.25, -0.2) is 9.59 Å². The minimum Gasteiger partial charge on any atom is -0.478 e. The highest BCUT2D eigenvalue weighted by Crippen LogP contribution is 2.31. The molecule has 33 heavy (non-hydrogen) atoms. The highest BCUT2D eigenvalue weighted by atomic mass is 16.4. The van der Waals surface area contributed by atoms with Gasteiger partial charge in [0.15, 0.2) is 0 Å². The maximum atomic E-state index is 12.9. The molecule has 2 rings (SSSR count). The van der Waals surface area contributed by atoms with E-state index < -0.39 is 5.97 Å². The van der Waals surface area contributed by atoms with Crippen molar-refractivity contribution in [2.45, 2.75) is 48.5 Å². The maximum absolute atomic E-state index is 12.9. The lowest BCUT2D eigenvalue weighted by molar-refractivity contribution is -0.131. The Morgan fingerprint density at radius 1 is 0.939 bits per heavy atom. The van der Waals surface area contributed by atoms with Crippen LogP contribution in [0.4, 0.5) is 21.9 Å². The molecule has 0 saturated carbocycles. The Morgan fingerprint density at radius 2 is 1.55 bits per heavy atom. The number of nitrogens with one attached hydrogen (secondary N) is 2. The fraction of sp³-hybridized carbons (Fsp3) is 0.407. The highest BCUT2D eigenvalue weighted by Gasteiger charge is 2.17. The number of allylic oxidation sites excluding steroid dienone is 1. The molecule has 0 aromatic heterocycles. The Morgan fingerprint density at radius 3 is 2.09 bits per heavy atom. The third kappa shape index (κ3) is 7.97. The Labute approximate surface area is 197 Å². The van der Waals surface area contributed by atoms with E-state index in [-0.39, 0.29) is 6.03 Å². The van der Waals surface area contributed by atoms with E-state index in [0.29, 0.717) is 23.1 Å². The van der Waals surface area contributed by atoms with Gasteiger partial charge in [0, 0.05) is 24.9 Å². The lowest BCUT2D eigenvalue weighted by Gasteiger charge is -2.31. The summed E-state index contributed by atoms with van der Waals surface area (Å²) in [7, 11) is 0. The summed E-state index contributed by atoms with van der Waals surface area (Å²) >= 11 is 0. The lowest BCUT2D eigenvalue weighted by Crippen LogP contribution is -2.32. The van der Waals surface area contributed by atoms with Crippen LogP contribution in [-0.4, -0.2) is 30.2 Å². The predicted molar refractivity (Wildman–Crippen MR) is 138 cm³/mol. The molecular formula is C27H37N3O3. The number of carbonyl (C=O) groups excluding carboxylic acids is 1. The number of aliphatic carboxylic acids is 1. The number of carboxylic acids is 1. The number of anilines is 3. The minimum atomic E-state index is -1.00. The Bertz CT molecular complexity index is 1020. The van der Waals surface area contributed by atoms with Crippen molar-refractivity contribution in [2.75, 3.05) is 28.6 Å². The molecule has 0 atom stereocenters. The number of aryl methyl sites for hydroxylation is 2. The van der Waals surface area contributed by atoms with Gasteiger partial charge in [0.2, 0.25) is 0 Å². The molecule has 2 amide bonds. The summed E-state index contributed by atoms with van der Waals surface area (Å²) in [5.74, 6) is -0.122. The molecule has 0 aliphatic heterocycles. The van der Waals surface area contributed by atoms with E-state index in [1.807, 2.05) is 50.2 Å². The van der Waals surface area contributed by atoms with Crippen molar-refractivity contribution >= 4 is 34.6 Å². The molecule has 0 bridgehead atoms. The fourth-order valence-electron chi connectivity index (χ4n) is 3.81. The minimum absolute atomic E-state index is 0.339. The van der Waals surface area contributed by atoms with Crippen LogP contribution in [0.1, 0.15) is 51.3 Å². The van der Waals surface area contributed by atoms with Gasteiger partial charge in [0.25, 0.3) is 0 Å². The molecule has 0 fully saturated rings. The van der Waals surface area contributed by atoms with Crippen LogP contribution in [0.15, 0.2) is 42.5 Å². The van der Waals surface area contributed by atoms with Crippen LogP contribution >= 0.6 is 0 Å². The second kappa shape index (κ2) is 11.5. The second-order valence-corrected chi connectivity index (χ2v) is 9.49. The second-order valence-electron chi connectivity index (χ2n) is 9.49. The maximum Gasteiger partial charge on any atom is 0.328 e. The van der Waals surface area contributed by atoms with Crippen LogP contribution in [0.3, 0.4) is 0 Å². The molecule has 6 nitrogen and oxygen atoms in total. The Hall–Kier alpha value is -3.28. The van der Waals surface area contributed by atoms with Gasteiger partial charge in [0.1, 0.15) is 0 Å². The number of hydrogen-bond acceptors (Lipinski definition) is 3. The van der Waals surface area contributed by atoms with Crippen LogP contribution in [0.25, 0.3) is 5.57 Å². The van der Waals surface area contributed by atoms with E-state index in [1.165, 1.54) is 6.08 Å². The first-order valence-corrected chi connectivity index (χ1v) is 11.4. The van der Waals surface area contributed by atoms with E-state index in [2.05, 4.69) is 43.2 Å². The largest absolute Gasteiger partial charge is 0.478 e. The normalized spacial score (nSPS) is 11.6. The first-order chi connectivity index (χ1) is 15.5. The summed E-state index contributed by atoms with van der Waals surface area (Å²) in [5.41, 5.74) is 5.80. The first kappa shape index (κ1) is 26.0. The summed E-state index contributed by atoms with van der Waals surface area (Å²) in [6.07, 6.45) is 1.18. The zero-order valence-corrected chi connectivity index (χ0v) is 20.8. The molecule has 0 radical (unpaired) electrons. The lowest BCUT2D eigenvalue weighted by atomic mass is 10.0. The van der Waals surface area contributed by atoms with Crippen molar-refractivity contribution < 1.29 is 14.7 Å². The zero-order chi connectivity index (χ0) is 24.7. The van der Waals surface area contributed by atoms with Gasteiger partial charge in [-0.1, -0.05) is 51.5 Å². The quantitative estimate of drug-likeness (QED) is 0.377. The molecule has 2 aromatic rings. The number of benzene rings is 2. The van der Waals surface area contributed by atoms with E-state index in [1.54, 1.807) is 6.92 Å². The molecule has 0 saturated heterocycles. The summed E-state index contributed by atoms with van der Waals surface area (Å²) in [4.78, 5) is 26.4. The van der Waals surface area contributed by atoms with Crippen LogP contribution in [-0.2, 0) is 4.79 Å². The molecular weight excluding hydrogens is 414 g/mol. The SMILES string of the molecule is C/C(=C\C(=O)O)c1ccc(N(CC(C)C)CC(C)C)c(NC(=O)Nc2ccc(C)cc2C)c1. The van der Waals surface area contributed by atoms with Crippen LogP contribution in [0.2, 0.25) is 0 Å². The van der Waals surface area contributed by atoms with Crippen LogP contribution in [0, 0.1) is 25.7 Å². The highest BCUT2D eigenvalue weighted by molar-refractivity contribution is 6.03. The Balaban J connectivity index is 2.45. The molecule has 2 aromatic carbocycles. The monoisotopic (exact) mass is 451 g/mol. The predicted octanol–water partition coefficient (Wildman–Crippen LogP) is 6.55. The van der Waals surface area contributed by atoms with Crippen molar-refractivity contribution in [1.29, 1.82) is 0 Å². The molecule has 6 heteroatoms. The first-order valence-electron chi connectivity index (χ1n) is 11.4. The van der Waals surface area contributed by atoms with E-state index >= 15 is 0 Å². The topological polar surface area (TPSA) is 81.7 Å². The Kier molecular flexibility index (Phi) is 9.09. The van der Waals surface area contributed by atoms with Crippen LogP contribution in [0.5, 0.6) is 0 Å². The molecule has 0 aliphatic rings. The third-order valence-corrected chi connectivity index (χ3v) is 5.18. The summed E-state index contributed by atoms with van der Waals surface area (Å²) < 4.78 is 0. The number of nitrogens with zero attached hydrogens (tertiary/aromatic N) is 1. The average molecular weight is 452 g/mol. The van der Waals surface area contributed by atoms with Gasteiger partial charge in [0.05, 0.1) is 11.4 Å². The number of rotatable bonds is 9. The van der Waals surface area contributed by atoms with Gasteiger partial charge in [-0.3, -0.25) is 0 Å². The smallest absolute Gasteiger partial charge is 0.328 e. The third-order valence-electron chi connectivity index (χ3n) is 5.18. The molecule has 0 spiro atoms. The van der Waals surface area contributed by atoms with E-state index in [9.17, 15) is 9.59 Å². The number of hydrogen-bond donors (Lipinski definition) is 3. The summed E-state index contributed by atoms with van der Waals surface area (Å²) in [5, 5.41) is 15.1. The summed E-state index contributed by atoms with van der Waals surface area (Å²) in [6.45, 7) is 16.1. The van der Waals surface area contributed by atoms with E-state index in [4.69, 9.17) is 5.11 Å². The molecule has 0 unspecified atom stereocenters. The zero-order valence-electron chi connectivity index (χ0n) is 20.8. The van der Waals surface area contributed by atoms with Crippen molar-refractivity contribution in [1.82, 2.24) is 0 Å². The molecule has 0 aliphatic carbocycles. The van der Waals surface area contributed by atoms with E-state index in [0.717, 1.165) is 41.2 Å². The molecule has 3 N–H and O–H groups in total.